The van der Waals surface area contributed by atoms with Gasteiger partial charge in [0, 0.05) is 24.5 Å². The molecule has 1 unspecified atom stereocenters. The second-order valence-corrected chi connectivity index (χ2v) is 8.80. The largest absolute Gasteiger partial charge is 0.507 e. The number of ether oxygens (including phenoxy) is 1. The fraction of sp³-hybridized carbons (Fsp3) is 0.444. The Labute approximate surface area is 202 Å². The first-order valence-corrected chi connectivity index (χ1v) is 12.0. The number of amides is 1. The molecule has 1 saturated heterocycles. The van der Waals surface area contributed by atoms with Crippen LogP contribution >= 0.6 is 0 Å². The summed E-state index contributed by atoms with van der Waals surface area (Å²) in [5.41, 5.74) is 2.17. The molecule has 34 heavy (non-hydrogen) atoms. The van der Waals surface area contributed by atoms with Gasteiger partial charge in [-0.1, -0.05) is 13.8 Å². The van der Waals surface area contributed by atoms with Crippen molar-refractivity contribution in [2.45, 2.75) is 53.2 Å². The number of carbonyl (C=O) groups excluding carboxylic acids is 2. The summed E-state index contributed by atoms with van der Waals surface area (Å²) in [6, 6.07) is 8.19. The molecule has 3 rings (SSSR count). The van der Waals surface area contributed by atoms with Gasteiger partial charge in [0.05, 0.1) is 17.7 Å². The number of aromatic nitrogens is 1. The number of hydrogen-bond donors (Lipinski definition) is 1. The van der Waals surface area contributed by atoms with Crippen LogP contribution in [-0.2, 0) is 9.59 Å². The van der Waals surface area contributed by atoms with Crippen LogP contribution in [0, 0.1) is 6.92 Å². The number of hydrogen-bond acceptors (Lipinski definition) is 6. The lowest BCUT2D eigenvalue weighted by Gasteiger charge is -2.26. The van der Waals surface area contributed by atoms with E-state index < -0.39 is 17.7 Å². The molecule has 7 heteroatoms. The highest BCUT2D eigenvalue weighted by Crippen LogP contribution is 2.39. The van der Waals surface area contributed by atoms with Gasteiger partial charge in [0.25, 0.3) is 11.7 Å². The van der Waals surface area contributed by atoms with Crippen molar-refractivity contribution in [2.24, 2.45) is 0 Å². The Balaban J connectivity index is 2.00. The molecule has 2 aromatic rings. The zero-order valence-corrected chi connectivity index (χ0v) is 20.7. The molecule has 7 nitrogen and oxygen atoms in total. The highest BCUT2D eigenvalue weighted by Gasteiger charge is 2.45. The Morgan fingerprint density at radius 2 is 1.82 bits per heavy atom. The van der Waals surface area contributed by atoms with Crippen molar-refractivity contribution in [3.8, 4) is 5.75 Å². The third-order valence-electron chi connectivity index (χ3n) is 6.14. The molecule has 1 aliphatic rings. The smallest absolute Gasteiger partial charge is 0.295 e. The number of aryl methyl sites for hydroxylation is 1. The zero-order chi connectivity index (χ0) is 24.8. The summed E-state index contributed by atoms with van der Waals surface area (Å²) in [6.45, 7) is 13.1. The molecular weight excluding hydrogens is 430 g/mol. The van der Waals surface area contributed by atoms with Gasteiger partial charge in [-0.05, 0) is 88.3 Å². The molecule has 0 bridgehead atoms. The lowest BCUT2D eigenvalue weighted by Crippen LogP contribution is -2.33. The summed E-state index contributed by atoms with van der Waals surface area (Å²) in [7, 11) is 0. The molecule has 1 aromatic heterocycles. The van der Waals surface area contributed by atoms with Gasteiger partial charge < -0.3 is 19.6 Å². The van der Waals surface area contributed by atoms with Gasteiger partial charge in [-0.25, -0.2) is 0 Å². The molecule has 182 valence electrons. The number of aliphatic hydroxyl groups is 1. The summed E-state index contributed by atoms with van der Waals surface area (Å²) in [6.07, 6.45) is 4.02. The standard InChI is InChI=1S/C27H35N3O4/c1-6-29(7-2)15-8-16-30-24(20-11-13-28-14-12-20)23(26(32)27(30)33)25(31)21-9-10-22(19(5)17-21)34-18(3)4/h9-14,17-18,24,31H,6-8,15-16H2,1-5H3. The lowest BCUT2D eigenvalue weighted by molar-refractivity contribution is -0.140. The first-order chi connectivity index (χ1) is 16.3. The Bertz CT molecular complexity index is 1050. The van der Waals surface area contributed by atoms with Crippen molar-refractivity contribution in [3.63, 3.8) is 0 Å². The highest BCUT2D eigenvalue weighted by atomic mass is 16.5. The predicted octanol–water partition coefficient (Wildman–Crippen LogP) is 4.33. The number of pyridine rings is 1. The Morgan fingerprint density at radius 3 is 2.41 bits per heavy atom. The average Bonchev–Trinajstić information content (AvgIpc) is 3.08. The van der Waals surface area contributed by atoms with Crippen LogP contribution in [0.3, 0.4) is 0 Å². The normalized spacial score (nSPS) is 17.7. The number of ketones is 1. The minimum Gasteiger partial charge on any atom is -0.507 e. The number of Topliss-reactive ketones (excluding diaryl/α,β-unsaturated/α-hetero) is 1. The van der Waals surface area contributed by atoms with Gasteiger partial charge in [-0.2, -0.15) is 0 Å². The fourth-order valence-electron chi connectivity index (χ4n) is 4.35. The molecule has 1 aromatic carbocycles. The molecule has 0 spiro atoms. The Kier molecular flexibility index (Phi) is 8.45. The fourth-order valence-corrected chi connectivity index (χ4v) is 4.35. The SMILES string of the molecule is CCN(CC)CCCN1C(=O)C(=O)C(=C(O)c2ccc(OC(C)C)c(C)c2)C1c1ccncc1. The van der Waals surface area contributed by atoms with Gasteiger partial charge >= 0.3 is 0 Å². The summed E-state index contributed by atoms with van der Waals surface area (Å²) in [5, 5.41) is 11.3. The van der Waals surface area contributed by atoms with E-state index in [0.717, 1.165) is 37.2 Å². The maximum atomic E-state index is 13.2. The molecular formula is C27H35N3O4. The Morgan fingerprint density at radius 1 is 1.15 bits per heavy atom. The van der Waals surface area contributed by atoms with Gasteiger partial charge in [-0.3, -0.25) is 14.6 Å². The third kappa shape index (κ3) is 5.47. The zero-order valence-electron chi connectivity index (χ0n) is 20.7. The molecule has 0 aliphatic carbocycles. The van der Waals surface area contributed by atoms with Crippen LogP contribution in [-0.4, -0.2) is 63.9 Å². The van der Waals surface area contributed by atoms with E-state index in [2.05, 4.69) is 23.7 Å². The number of aliphatic hydroxyl groups excluding tert-OH is 1. The minimum absolute atomic E-state index is 0.0199. The molecule has 0 saturated carbocycles. The molecule has 0 radical (unpaired) electrons. The van der Waals surface area contributed by atoms with Crippen LogP contribution < -0.4 is 4.74 Å². The number of carbonyl (C=O) groups is 2. The van der Waals surface area contributed by atoms with E-state index in [9.17, 15) is 14.7 Å². The molecule has 1 atom stereocenters. The first-order valence-electron chi connectivity index (χ1n) is 12.0. The van der Waals surface area contributed by atoms with Crippen LogP contribution in [0.15, 0.2) is 48.3 Å². The second kappa shape index (κ2) is 11.3. The van der Waals surface area contributed by atoms with E-state index in [4.69, 9.17) is 4.74 Å². The maximum Gasteiger partial charge on any atom is 0.295 e. The summed E-state index contributed by atoms with van der Waals surface area (Å²) in [5.74, 6) is -0.707. The van der Waals surface area contributed by atoms with Crippen molar-refractivity contribution >= 4 is 17.4 Å². The number of nitrogens with zero attached hydrogens (tertiary/aromatic N) is 3. The molecule has 1 N–H and O–H groups in total. The number of rotatable bonds is 10. The predicted molar refractivity (Wildman–Crippen MR) is 133 cm³/mol. The lowest BCUT2D eigenvalue weighted by atomic mass is 9.95. The topological polar surface area (TPSA) is 83.0 Å². The van der Waals surface area contributed by atoms with Crippen molar-refractivity contribution in [2.75, 3.05) is 26.2 Å². The summed E-state index contributed by atoms with van der Waals surface area (Å²) in [4.78, 5) is 34.2. The van der Waals surface area contributed by atoms with E-state index in [1.807, 2.05) is 20.8 Å². The third-order valence-corrected chi connectivity index (χ3v) is 6.14. The van der Waals surface area contributed by atoms with Gasteiger partial charge in [0.15, 0.2) is 0 Å². The molecule has 1 amide bonds. The van der Waals surface area contributed by atoms with Gasteiger partial charge in [-0.15, -0.1) is 0 Å². The number of likely N-dealkylation sites (tertiary alicyclic amines) is 1. The Hall–Kier alpha value is -3.19. The van der Waals surface area contributed by atoms with Crippen LogP contribution in [0.4, 0.5) is 0 Å². The molecule has 1 fully saturated rings. The minimum atomic E-state index is -0.665. The first kappa shape index (κ1) is 25.4. The molecule has 1 aliphatic heterocycles. The highest BCUT2D eigenvalue weighted by molar-refractivity contribution is 6.46. The van der Waals surface area contributed by atoms with E-state index in [1.165, 1.54) is 0 Å². The second-order valence-electron chi connectivity index (χ2n) is 8.80. The van der Waals surface area contributed by atoms with Crippen molar-refractivity contribution in [1.29, 1.82) is 0 Å². The maximum absolute atomic E-state index is 13.2. The van der Waals surface area contributed by atoms with Crippen LogP contribution in [0.2, 0.25) is 0 Å². The number of benzene rings is 1. The van der Waals surface area contributed by atoms with E-state index in [-0.39, 0.29) is 17.4 Å². The van der Waals surface area contributed by atoms with Gasteiger partial charge in [0.2, 0.25) is 0 Å². The van der Waals surface area contributed by atoms with Crippen molar-refractivity contribution in [3.05, 3.63) is 65.0 Å². The van der Waals surface area contributed by atoms with E-state index in [0.29, 0.717) is 17.9 Å². The average molecular weight is 466 g/mol. The van der Waals surface area contributed by atoms with Crippen molar-refractivity contribution in [1.82, 2.24) is 14.8 Å². The molecule has 2 heterocycles. The quantitative estimate of drug-likeness (QED) is 0.319. The van der Waals surface area contributed by atoms with Crippen LogP contribution in [0.5, 0.6) is 5.75 Å². The summed E-state index contributed by atoms with van der Waals surface area (Å²) >= 11 is 0. The van der Waals surface area contributed by atoms with E-state index in [1.54, 1.807) is 47.6 Å². The van der Waals surface area contributed by atoms with Crippen LogP contribution in [0.25, 0.3) is 5.76 Å². The van der Waals surface area contributed by atoms with Gasteiger partial charge in [0.1, 0.15) is 11.5 Å². The monoisotopic (exact) mass is 465 g/mol. The summed E-state index contributed by atoms with van der Waals surface area (Å²) < 4.78 is 5.79. The van der Waals surface area contributed by atoms with Crippen molar-refractivity contribution < 1.29 is 19.4 Å². The van der Waals surface area contributed by atoms with Crippen LogP contribution in [0.1, 0.15) is 56.8 Å². The van der Waals surface area contributed by atoms with E-state index >= 15 is 0 Å².